The quantitative estimate of drug-likeness (QED) is 0.794. The Labute approximate surface area is 115 Å². The Morgan fingerprint density at radius 2 is 1.89 bits per heavy atom. The Hall–Kier alpha value is -1.68. The lowest BCUT2D eigenvalue weighted by molar-refractivity contribution is 0.0701. The molecule has 2 aliphatic rings. The van der Waals surface area contributed by atoms with Gasteiger partial charge in [-0.3, -0.25) is 4.79 Å². The molecule has 2 atom stereocenters. The van der Waals surface area contributed by atoms with E-state index >= 15 is 0 Å². The highest BCUT2D eigenvalue weighted by Crippen LogP contribution is 2.53. The van der Waals surface area contributed by atoms with Gasteiger partial charge in [0, 0.05) is 0 Å². The molecule has 1 aromatic heterocycles. The first-order chi connectivity index (χ1) is 9.27. The van der Waals surface area contributed by atoms with Crippen molar-refractivity contribution in [3.05, 3.63) is 51.5 Å². The van der Waals surface area contributed by atoms with Gasteiger partial charge >= 0.3 is 0 Å². The van der Waals surface area contributed by atoms with Crippen LogP contribution in [-0.2, 0) is 0 Å². The zero-order valence-corrected chi connectivity index (χ0v) is 11.5. The second kappa shape index (κ2) is 3.90. The van der Waals surface area contributed by atoms with E-state index in [1.807, 2.05) is 6.92 Å². The van der Waals surface area contributed by atoms with Gasteiger partial charge in [0.05, 0.1) is 23.3 Å². The minimum atomic E-state index is 0.156. The number of aryl methyl sites for hydroxylation is 1. The van der Waals surface area contributed by atoms with Crippen molar-refractivity contribution in [2.75, 3.05) is 0 Å². The first kappa shape index (κ1) is 11.2. The zero-order chi connectivity index (χ0) is 13.0. The van der Waals surface area contributed by atoms with Crippen LogP contribution in [0.25, 0.3) is 0 Å². The lowest BCUT2D eigenvalue weighted by Crippen LogP contribution is -2.27. The molecular weight excluding hydrogens is 256 g/mol. The average molecular weight is 270 g/mol. The fourth-order valence-corrected chi connectivity index (χ4v) is 4.19. The Kier molecular flexibility index (Phi) is 2.30. The van der Waals surface area contributed by atoms with Gasteiger partial charge in [-0.05, 0) is 30.9 Å². The number of hydrogen-bond acceptors (Lipinski definition) is 3. The van der Waals surface area contributed by atoms with Crippen molar-refractivity contribution in [3.63, 3.8) is 0 Å². The summed E-state index contributed by atoms with van der Waals surface area (Å²) < 4.78 is 0. The second-order valence-electron chi connectivity index (χ2n) is 5.22. The minimum absolute atomic E-state index is 0.156. The number of hydrogen-bond donors (Lipinski definition) is 0. The third-order valence-corrected chi connectivity index (χ3v) is 5.19. The Balaban J connectivity index is 1.76. The third kappa shape index (κ3) is 1.43. The van der Waals surface area contributed by atoms with E-state index in [1.54, 1.807) is 5.51 Å². The first-order valence-corrected chi connectivity index (χ1v) is 7.47. The predicted molar refractivity (Wildman–Crippen MR) is 74.2 cm³/mol. The van der Waals surface area contributed by atoms with Crippen LogP contribution in [0.1, 0.15) is 51.4 Å². The molecule has 96 valence electrons. The summed E-state index contributed by atoms with van der Waals surface area (Å²) >= 11 is 1.45. The van der Waals surface area contributed by atoms with Crippen LogP contribution in [0.4, 0.5) is 0 Å². The monoisotopic (exact) mass is 270 g/mol. The molecule has 1 fully saturated rings. The molecule has 0 aliphatic carbocycles. The number of carbonyl (C=O) groups excluding carboxylic acids is 1. The van der Waals surface area contributed by atoms with Gasteiger partial charge in [-0.1, -0.05) is 24.3 Å². The van der Waals surface area contributed by atoms with Crippen LogP contribution in [0, 0.1) is 6.92 Å². The molecule has 3 nitrogen and oxygen atoms in total. The number of thiazole rings is 1. The fourth-order valence-electron chi connectivity index (χ4n) is 3.45. The molecule has 2 bridgehead atoms. The highest BCUT2D eigenvalue weighted by molar-refractivity contribution is 7.11. The van der Waals surface area contributed by atoms with Gasteiger partial charge in [0.1, 0.15) is 4.88 Å². The van der Waals surface area contributed by atoms with E-state index in [-0.39, 0.29) is 18.0 Å². The van der Waals surface area contributed by atoms with Crippen molar-refractivity contribution < 1.29 is 4.79 Å². The smallest absolute Gasteiger partial charge is 0.266 e. The van der Waals surface area contributed by atoms with Crippen molar-refractivity contribution in [2.24, 2.45) is 0 Å². The normalized spacial score (nSPS) is 23.7. The summed E-state index contributed by atoms with van der Waals surface area (Å²) in [6, 6.07) is 9.02. The predicted octanol–water partition coefficient (Wildman–Crippen LogP) is 3.48. The van der Waals surface area contributed by atoms with Crippen LogP contribution in [0.15, 0.2) is 29.8 Å². The molecule has 0 spiro atoms. The van der Waals surface area contributed by atoms with Gasteiger partial charge in [0.25, 0.3) is 5.91 Å². The maximum Gasteiger partial charge on any atom is 0.266 e. The van der Waals surface area contributed by atoms with Crippen LogP contribution >= 0.6 is 11.3 Å². The van der Waals surface area contributed by atoms with Crippen molar-refractivity contribution >= 4 is 17.2 Å². The van der Waals surface area contributed by atoms with E-state index in [2.05, 4.69) is 34.1 Å². The van der Waals surface area contributed by atoms with Crippen molar-refractivity contribution in [2.45, 2.75) is 31.8 Å². The Bertz CT molecular complexity index is 633. The van der Waals surface area contributed by atoms with Crippen LogP contribution in [-0.4, -0.2) is 15.8 Å². The van der Waals surface area contributed by atoms with Gasteiger partial charge in [-0.25, -0.2) is 4.98 Å². The molecule has 19 heavy (non-hydrogen) atoms. The highest BCUT2D eigenvalue weighted by atomic mass is 32.1. The maximum absolute atomic E-state index is 12.8. The van der Waals surface area contributed by atoms with Crippen molar-refractivity contribution in [1.82, 2.24) is 9.88 Å². The highest BCUT2D eigenvalue weighted by Gasteiger charge is 2.46. The molecule has 0 radical (unpaired) electrons. The van der Waals surface area contributed by atoms with Gasteiger partial charge < -0.3 is 4.90 Å². The lowest BCUT2D eigenvalue weighted by Gasteiger charge is -2.22. The van der Waals surface area contributed by atoms with E-state index in [9.17, 15) is 4.79 Å². The molecule has 1 aromatic carbocycles. The molecule has 1 saturated heterocycles. The van der Waals surface area contributed by atoms with E-state index in [1.165, 1.54) is 22.5 Å². The Morgan fingerprint density at radius 1 is 1.26 bits per heavy atom. The molecular formula is C15H14N2OS. The molecule has 2 aliphatic heterocycles. The summed E-state index contributed by atoms with van der Waals surface area (Å²) in [6.07, 6.45) is 2.18. The van der Waals surface area contributed by atoms with Crippen LogP contribution < -0.4 is 0 Å². The van der Waals surface area contributed by atoms with Crippen molar-refractivity contribution in [3.8, 4) is 0 Å². The first-order valence-electron chi connectivity index (χ1n) is 6.59. The molecule has 2 unspecified atom stereocenters. The largest absolute Gasteiger partial charge is 0.324 e. The molecule has 2 aromatic rings. The number of benzene rings is 1. The third-order valence-electron chi connectivity index (χ3n) is 4.27. The SMILES string of the molecule is Cc1ncsc1C(=O)N1C2CCC1c1ccccc12. The number of amides is 1. The van der Waals surface area contributed by atoms with Gasteiger partial charge in [0.15, 0.2) is 0 Å². The topological polar surface area (TPSA) is 33.2 Å². The standard InChI is InChI=1S/C15H14N2OS/c1-9-14(19-8-16-9)15(18)17-12-6-7-13(17)11-5-3-2-4-10(11)12/h2-5,8,12-13H,6-7H2,1H3. The van der Waals surface area contributed by atoms with Crippen molar-refractivity contribution in [1.29, 1.82) is 0 Å². The van der Waals surface area contributed by atoms with Crippen LogP contribution in [0.5, 0.6) is 0 Å². The van der Waals surface area contributed by atoms with E-state index in [4.69, 9.17) is 0 Å². The summed E-state index contributed by atoms with van der Waals surface area (Å²) in [6.45, 7) is 1.91. The molecule has 3 heterocycles. The van der Waals surface area contributed by atoms with Gasteiger partial charge in [-0.2, -0.15) is 0 Å². The molecule has 4 rings (SSSR count). The molecule has 0 saturated carbocycles. The molecule has 0 N–H and O–H groups in total. The maximum atomic E-state index is 12.8. The van der Waals surface area contributed by atoms with Crippen LogP contribution in [0.3, 0.4) is 0 Å². The average Bonchev–Trinajstić information content (AvgIpc) is 3.11. The molecule has 4 heteroatoms. The van der Waals surface area contributed by atoms with Gasteiger partial charge in [0.2, 0.25) is 0 Å². The molecule has 1 amide bonds. The number of nitrogens with zero attached hydrogens (tertiary/aromatic N) is 2. The summed E-state index contributed by atoms with van der Waals surface area (Å²) in [5.41, 5.74) is 5.29. The number of fused-ring (bicyclic) bond motifs is 5. The summed E-state index contributed by atoms with van der Waals surface area (Å²) in [5, 5.41) is 0. The number of rotatable bonds is 1. The van der Waals surface area contributed by atoms with E-state index in [0.29, 0.717) is 0 Å². The minimum Gasteiger partial charge on any atom is -0.324 e. The Morgan fingerprint density at radius 3 is 2.42 bits per heavy atom. The van der Waals surface area contributed by atoms with Gasteiger partial charge in [-0.15, -0.1) is 11.3 Å². The number of carbonyl (C=O) groups is 1. The summed E-state index contributed by atoms with van der Waals surface area (Å²) in [7, 11) is 0. The fraction of sp³-hybridized carbons (Fsp3) is 0.333. The van der Waals surface area contributed by atoms with Crippen LogP contribution in [0.2, 0.25) is 0 Å². The van der Waals surface area contributed by atoms with E-state index < -0.39 is 0 Å². The van der Waals surface area contributed by atoms with E-state index in [0.717, 1.165) is 23.4 Å². The lowest BCUT2D eigenvalue weighted by atomic mass is 9.92. The second-order valence-corrected chi connectivity index (χ2v) is 6.07. The summed E-state index contributed by atoms with van der Waals surface area (Å²) in [5.74, 6) is 0.156. The zero-order valence-electron chi connectivity index (χ0n) is 10.7. The number of aromatic nitrogens is 1. The summed E-state index contributed by atoms with van der Waals surface area (Å²) in [4.78, 5) is 19.8.